The lowest BCUT2D eigenvalue weighted by atomic mass is 10.2. The second kappa shape index (κ2) is 6.25. The molecule has 2 N–H and O–H groups in total. The van der Waals surface area contributed by atoms with E-state index in [1.54, 1.807) is 6.92 Å². The van der Waals surface area contributed by atoms with Crippen molar-refractivity contribution in [2.75, 3.05) is 0 Å². The van der Waals surface area contributed by atoms with Gasteiger partial charge in [-0.1, -0.05) is 18.2 Å². The number of carboxylic acids is 1. The summed E-state index contributed by atoms with van der Waals surface area (Å²) >= 11 is 0. The molecule has 0 fully saturated rings. The molecule has 0 amide bonds. The summed E-state index contributed by atoms with van der Waals surface area (Å²) in [7, 11) is 0. The maximum absolute atomic E-state index is 10.7. The normalized spacial score (nSPS) is 12.5. The van der Waals surface area contributed by atoms with Gasteiger partial charge in [-0.2, -0.15) is 0 Å². The van der Waals surface area contributed by atoms with Crippen molar-refractivity contribution in [1.29, 1.82) is 0 Å². The van der Waals surface area contributed by atoms with Crippen LogP contribution in [0.1, 0.15) is 26.3 Å². The fourth-order valence-corrected chi connectivity index (χ4v) is 1.37. The lowest BCUT2D eigenvalue weighted by Gasteiger charge is -2.15. The summed E-state index contributed by atoms with van der Waals surface area (Å²) in [5.74, 6) is -0.0557. The predicted molar refractivity (Wildman–Crippen MR) is 66.1 cm³/mol. The van der Waals surface area contributed by atoms with Gasteiger partial charge in [0.15, 0.2) is 0 Å². The van der Waals surface area contributed by atoms with Crippen molar-refractivity contribution < 1.29 is 14.6 Å². The van der Waals surface area contributed by atoms with Gasteiger partial charge in [0.25, 0.3) is 0 Å². The Morgan fingerprint density at radius 3 is 2.59 bits per heavy atom. The fraction of sp³-hybridized carbons (Fsp3) is 0.462. The van der Waals surface area contributed by atoms with Gasteiger partial charge in [0, 0.05) is 12.1 Å². The highest BCUT2D eigenvalue weighted by molar-refractivity contribution is 5.72. The summed E-state index contributed by atoms with van der Waals surface area (Å²) in [6, 6.07) is 7.07. The molecule has 94 valence electrons. The Morgan fingerprint density at radius 2 is 2.00 bits per heavy atom. The minimum atomic E-state index is -0.854. The average molecular weight is 237 g/mol. The molecule has 0 aliphatic carbocycles. The van der Waals surface area contributed by atoms with Crippen LogP contribution in [0.3, 0.4) is 0 Å². The minimum Gasteiger partial charge on any atom is -0.491 e. The number of aliphatic carboxylic acids is 1. The highest BCUT2D eigenvalue weighted by atomic mass is 16.5. The third-order valence-corrected chi connectivity index (χ3v) is 2.30. The number of rotatable bonds is 6. The first-order valence-electron chi connectivity index (χ1n) is 5.71. The molecule has 0 aromatic heterocycles. The van der Waals surface area contributed by atoms with Crippen molar-refractivity contribution in [3.8, 4) is 5.75 Å². The number of hydrogen-bond acceptors (Lipinski definition) is 3. The number of nitrogens with one attached hydrogen (secondary N) is 1. The van der Waals surface area contributed by atoms with Crippen molar-refractivity contribution in [3.05, 3.63) is 29.8 Å². The zero-order valence-corrected chi connectivity index (χ0v) is 10.4. The smallest absolute Gasteiger partial charge is 0.320 e. The standard InChI is InChI=1S/C13H19NO3/c1-9(2)17-12-7-5-4-6-11(12)8-14-10(3)13(15)16/h4-7,9-10,14H,8H2,1-3H3,(H,15,16)/t10-/m0/s1. The van der Waals surface area contributed by atoms with Crippen LogP contribution in [0.2, 0.25) is 0 Å². The Labute approximate surface area is 102 Å². The summed E-state index contributed by atoms with van der Waals surface area (Å²) in [6.45, 7) is 6.03. The number of benzene rings is 1. The maximum atomic E-state index is 10.7. The second-order valence-electron chi connectivity index (χ2n) is 4.22. The lowest BCUT2D eigenvalue weighted by Crippen LogP contribution is -2.33. The summed E-state index contributed by atoms with van der Waals surface area (Å²) in [5, 5.41) is 11.7. The van der Waals surface area contributed by atoms with Crippen LogP contribution >= 0.6 is 0 Å². The first kappa shape index (κ1) is 13.5. The molecule has 1 atom stereocenters. The van der Waals surface area contributed by atoms with Gasteiger partial charge >= 0.3 is 5.97 Å². The molecule has 1 rings (SSSR count). The molecule has 0 spiro atoms. The largest absolute Gasteiger partial charge is 0.491 e. The van der Waals surface area contributed by atoms with E-state index in [-0.39, 0.29) is 6.10 Å². The van der Waals surface area contributed by atoms with Gasteiger partial charge in [-0.3, -0.25) is 4.79 Å². The summed E-state index contributed by atoms with van der Waals surface area (Å²) in [4.78, 5) is 10.7. The van der Waals surface area contributed by atoms with Crippen LogP contribution in [-0.2, 0) is 11.3 Å². The molecule has 0 aliphatic rings. The van der Waals surface area contributed by atoms with Crippen LogP contribution in [-0.4, -0.2) is 23.2 Å². The highest BCUT2D eigenvalue weighted by Crippen LogP contribution is 2.19. The molecule has 0 bridgehead atoms. The quantitative estimate of drug-likeness (QED) is 0.795. The topological polar surface area (TPSA) is 58.6 Å². The minimum absolute atomic E-state index is 0.105. The first-order valence-corrected chi connectivity index (χ1v) is 5.71. The number of hydrogen-bond donors (Lipinski definition) is 2. The number of carbonyl (C=O) groups is 1. The van der Waals surface area contributed by atoms with E-state index in [2.05, 4.69) is 5.32 Å². The molecule has 0 radical (unpaired) electrons. The fourth-order valence-electron chi connectivity index (χ4n) is 1.37. The van der Waals surface area contributed by atoms with Crippen molar-refractivity contribution in [3.63, 3.8) is 0 Å². The summed E-state index contributed by atoms with van der Waals surface area (Å²) in [6.07, 6.45) is 0.105. The summed E-state index contributed by atoms with van der Waals surface area (Å²) < 4.78 is 5.65. The number of ether oxygens (including phenoxy) is 1. The Bertz CT molecular complexity index is 377. The molecule has 0 saturated heterocycles. The Morgan fingerprint density at radius 1 is 1.35 bits per heavy atom. The van der Waals surface area contributed by atoms with Crippen LogP contribution in [0.4, 0.5) is 0 Å². The molecule has 4 nitrogen and oxygen atoms in total. The van der Waals surface area contributed by atoms with Crippen molar-refractivity contribution in [1.82, 2.24) is 5.32 Å². The molecule has 0 saturated carbocycles. The molecule has 0 aliphatic heterocycles. The zero-order chi connectivity index (χ0) is 12.8. The van der Waals surface area contributed by atoms with Gasteiger partial charge in [-0.15, -0.1) is 0 Å². The van der Waals surface area contributed by atoms with E-state index >= 15 is 0 Å². The van der Waals surface area contributed by atoms with E-state index in [4.69, 9.17) is 9.84 Å². The van der Waals surface area contributed by atoms with Crippen LogP contribution in [0.5, 0.6) is 5.75 Å². The van der Waals surface area contributed by atoms with E-state index in [0.717, 1.165) is 11.3 Å². The van der Waals surface area contributed by atoms with E-state index in [1.807, 2.05) is 38.1 Å². The van der Waals surface area contributed by atoms with Gasteiger partial charge < -0.3 is 15.2 Å². The monoisotopic (exact) mass is 237 g/mol. The summed E-state index contributed by atoms with van der Waals surface area (Å²) in [5.41, 5.74) is 0.967. The van der Waals surface area contributed by atoms with E-state index in [1.165, 1.54) is 0 Å². The van der Waals surface area contributed by atoms with Crippen LogP contribution in [0.15, 0.2) is 24.3 Å². The Balaban J connectivity index is 2.66. The van der Waals surface area contributed by atoms with E-state index in [0.29, 0.717) is 6.54 Å². The van der Waals surface area contributed by atoms with E-state index in [9.17, 15) is 4.79 Å². The molecular weight excluding hydrogens is 218 g/mol. The lowest BCUT2D eigenvalue weighted by molar-refractivity contribution is -0.139. The highest BCUT2D eigenvalue weighted by Gasteiger charge is 2.11. The second-order valence-corrected chi connectivity index (χ2v) is 4.22. The number of carboxylic acid groups (broad SMARTS) is 1. The van der Waals surface area contributed by atoms with Gasteiger partial charge in [0.05, 0.1) is 6.10 Å². The third kappa shape index (κ3) is 4.44. The SMILES string of the molecule is CC(C)Oc1ccccc1CN[C@@H](C)C(=O)O. The molecule has 4 heteroatoms. The molecule has 0 unspecified atom stereocenters. The van der Waals surface area contributed by atoms with Crippen molar-refractivity contribution >= 4 is 5.97 Å². The van der Waals surface area contributed by atoms with Crippen molar-refractivity contribution in [2.24, 2.45) is 0 Å². The number of para-hydroxylation sites is 1. The van der Waals surface area contributed by atoms with Gasteiger partial charge in [0.2, 0.25) is 0 Å². The van der Waals surface area contributed by atoms with Gasteiger partial charge in [-0.25, -0.2) is 0 Å². The van der Waals surface area contributed by atoms with Crippen LogP contribution in [0.25, 0.3) is 0 Å². The van der Waals surface area contributed by atoms with Gasteiger partial charge in [0.1, 0.15) is 11.8 Å². The predicted octanol–water partition coefficient (Wildman–Crippen LogP) is 2.04. The van der Waals surface area contributed by atoms with Gasteiger partial charge in [-0.05, 0) is 26.8 Å². The molecular formula is C13H19NO3. The zero-order valence-electron chi connectivity index (χ0n) is 10.4. The van der Waals surface area contributed by atoms with Crippen molar-refractivity contribution in [2.45, 2.75) is 39.5 Å². The van der Waals surface area contributed by atoms with Crippen LogP contribution < -0.4 is 10.1 Å². The molecule has 0 heterocycles. The molecule has 1 aromatic rings. The Kier molecular flexibility index (Phi) is 4.97. The molecule has 17 heavy (non-hydrogen) atoms. The maximum Gasteiger partial charge on any atom is 0.320 e. The first-order chi connectivity index (χ1) is 8.00. The average Bonchev–Trinajstić information content (AvgIpc) is 2.26. The third-order valence-electron chi connectivity index (χ3n) is 2.30. The van der Waals surface area contributed by atoms with Crippen LogP contribution in [0, 0.1) is 0 Å². The van der Waals surface area contributed by atoms with E-state index < -0.39 is 12.0 Å². The Hall–Kier alpha value is -1.55. The molecule has 1 aromatic carbocycles.